The summed E-state index contributed by atoms with van der Waals surface area (Å²) in [6, 6.07) is -1.31. The molecule has 14 nitrogen and oxygen atoms in total. The fourth-order valence-electron chi connectivity index (χ4n) is 2.57. The molecule has 0 amide bonds. The van der Waals surface area contributed by atoms with E-state index >= 15 is 0 Å². The van der Waals surface area contributed by atoms with Gasteiger partial charge in [0.1, 0.15) is 42.7 Å². The van der Waals surface area contributed by atoms with Crippen molar-refractivity contribution in [1.82, 2.24) is 4.90 Å². The normalized spacial score (nSPS) is 21.3. The molecule has 0 saturated heterocycles. The number of aliphatic hydroxyl groups is 10. The molecule has 0 aromatic rings. The second kappa shape index (κ2) is 14.1. The number of aliphatic hydroxyl groups excluding tert-OH is 10. The van der Waals surface area contributed by atoms with Crippen LogP contribution in [0, 0.1) is 0 Å². The number of hydrogen-bond donors (Lipinski definition) is 12. The minimum atomic E-state index is -1.92. The van der Waals surface area contributed by atoms with E-state index in [1.165, 1.54) is 4.90 Å². The van der Waals surface area contributed by atoms with Crippen LogP contribution >= 0.6 is 0 Å². The first kappa shape index (κ1) is 29.0. The molecule has 0 radical (unpaired) electrons. The molecule has 180 valence electrons. The molecule has 0 aromatic carbocycles. The lowest BCUT2D eigenvalue weighted by Crippen LogP contribution is -2.53. The van der Waals surface area contributed by atoms with Gasteiger partial charge in [-0.2, -0.15) is 0 Å². The number of carbonyl (C=O) groups is 1. The summed E-state index contributed by atoms with van der Waals surface area (Å²) in [5.74, 6) is -1.32. The highest BCUT2D eigenvalue weighted by Crippen LogP contribution is 2.11. The highest BCUT2D eigenvalue weighted by molar-refractivity contribution is 5.72. The zero-order valence-corrected chi connectivity index (χ0v) is 16.3. The first-order valence-corrected chi connectivity index (χ1v) is 9.24. The second-order valence-electron chi connectivity index (χ2n) is 7.09. The van der Waals surface area contributed by atoms with Gasteiger partial charge < -0.3 is 61.9 Å². The minimum Gasteiger partial charge on any atom is -0.480 e. The van der Waals surface area contributed by atoms with Crippen molar-refractivity contribution in [3.8, 4) is 0 Å². The molecule has 0 unspecified atom stereocenters. The highest BCUT2D eigenvalue weighted by atomic mass is 16.4. The monoisotopic (exact) mass is 446 g/mol. The second-order valence-corrected chi connectivity index (χ2v) is 7.09. The topological polar surface area (TPSA) is 269 Å². The van der Waals surface area contributed by atoms with Crippen molar-refractivity contribution in [2.24, 2.45) is 5.73 Å². The van der Waals surface area contributed by atoms with E-state index in [-0.39, 0.29) is 13.0 Å². The van der Waals surface area contributed by atoms with Crippen molar-refractivity contribution in [2.45, 2.75) is 61.3 Å². The molecular formula is C16H34N2O12. The van der Waals surface area contributed by atoms with Gasteiger partial charge in [0.15, 0.2) is 0 Å². The molecular weight excluding hydrogens is 412 g/mol. The molecule has 30 heavy (non-hydrogen) atoms. The van der Waals surface area contributed by atoms with E-state index in [1.807, 2.05) is 0 Å². The Balaban J connectivity index is 5.19. The zero-order chi connectivity index (χ0) is 23.6. The maximum Gasteiger partial charge on any atom is 0.320 e. The predicted octanol–water partition coefficient (Wildman–Crippen LogP) is -7.04. The van der Waals surface area contributed by atoms with Gasteiger partial charge in [-0.1, -0.05) is 0 Å². The van der Waals surface area contributed by atoms with E-state index in [9.17, 15) is 45.6 Å². The largest absolute Gasteiger partial charge is 0.480 e. The van der Waals surface area contributed by atoms with Gasteiger partial charge in [0.05, 0.1) is 25.4 Å². The third kappa shape index (κ3) is 9.42. The highest BCUT2D eigenvalue weighted by Gasteiger charge is 2.34. The summed E-state index contributed by atoms with van der Waals surface area (Å²) in [5, 5.41) is 105. The van der Waals surface area contributed by atoms with Gasteiger partial charge in [0.2, 0.25) is 0 Å². The Bertz CT molecular complexity index is 457. The van der Waals surface area contributed by atoms with Gasteiger partial charge in [-0.3, -0.25) is 9.69 Å². The Morgan fingerprint density at radius 2 is 1.03 bits per heavy atom. The van der Waals surface area contributed by atoms with Gasteiger partial charge in [-0.15, -0.1) is 0 Å². The molecule has 0 saturated carbocycles. The van der Waals surface area contributed by atoms with Gasteiger partial charge in [0, 0.05) is 19.6 Å². The average molecular weight is 446 g/mol. The molecule has 0 aliphatic carbocycles. The summed E-state index contributed by atoms with van der Waals surface area (Å²) in [5.41, 5.74) is 5.41. The van der Waals surface area contributed by atoms with Crippen molar-refractivity contribution < 1.29 is 61.0 Å². The molecule has 0 heterocycles. The van der Waals surface area contributed by atoms with Crippen molar-refractivity contribution in [2.75, 3.05) is 32.8 Å². The number of carboxylic acid groups (broad SMARTS) is 1. The quantitative estimate of drug-likeness (QED) is 0.105. The summed E-state index contributed by atoms with van der Waals surface area (Å²) in [6.45, 7) is -2.94. The van der Waals surface area contributed by atoms with Crippen molar-refractivity contribution in [3.63, 3.8) is 0 Å². The van der Waals surface area contributed by atoms with Crippen LogP contribution in [0.1, 0.15) is 6.42 Å². The Kier molecular flexibility index (Phi) is 13.7. The van der Waals surface area contributed by atoms with Crippen LogP contribution in [0.3, 0.4) is 0 Å². The van der Waals surface area contributed by atoms with Crippen LogP contribution < -0.4 is 5.73 Å². The fraction of sp³-hybridized carbons (Fsp3) is 0.938. The van der Waals surface area contributed by atoms with E-state index in [0.717, 1.165) is 0 Å². The van der Waals surface area contributed by atoms with E-state index in [4.69, 9.17) is 21.1 Å². The molecule has 0 aliphatic heterocycles. The van der Waals surface area contributed by atoms with Crippen LogP contribution in [0.4, 0.5) is 0 Å². The fourth-order valence-corrected chi connectivity index (χ4v) is 2.57. The number of nitrogens with two attached hydrogens (primary N) is 1. The van der Waals surface area contributed by atoms with Gasteiger partial charge >= 0.3 is 5.97 Å². The van der Waals surface area contributed by atoms with Gasteiger partial charge in [-0.05, 0) is 6.42 Å². The van der Waals surface area contributed by atoms with E-state index in [1.54, 1.807) is 0 Å². The summed E-state index contributed by atoms with van der Waals surface area (Å²) in [4.78, 5) is 12.0. The third-order valence-corrected chi connectivity index (χ3v) is 4.61. The molecule has 14 heteroatoms. The minimum absolute atomic E-state index is 0.168. The number of nitrogens with zero attached hydrogens (tertiary/aromatic N) is 1. The van der Waals surface area contributed by atoms with Crippen molar-refractivity contribution in [3.05, 3.63) is 0 Å². The molecule has 0 rings (SSSR count). The number of carboxylic acids is 1. The molecule has 13 N–H and O–H groups in total. The lowest BCUT2D eigenvalue weighted by Gasteiger charge is -2.33. The van der Waals surface area contributed by atoms with E-state index < -0.39 is 87.1 Å². The smallest absolute Gasteiger partial charge is 0.320 e. The van der Waals surface area contributed by atoms with E-state index in [2.05, 4.69) is 0 Å². The summed E-state index contributed by atoms with van der Waals surface area (Å²) >= 11 is 0. The zero-order valence-electron chi connectivity index (χ0n) is 16.3. The molecule has 0 spiro atoms. The van der Waals surface area contributed by atoms with E-state index in [0.29, 0.717) is 0 Å². The lowest BCUT2D eigenvalue weighted by atomic mass is 10.0. The van der Waals surface area contributed by atoms with Crippen LogP contribution in [-0.2, 0) is 4.79 Å². The summed E-state index contributed by atoms with van der Waals surface area (Å²) < 4.78 is 0. The average Bonchev–Trinajstić information content (AvgIpc) is 2.73. The Hall–Kier alpha value is -1.01. The van der Waals surface area contributed by atoms with Crippen LogP contribution in [0.15, 0.2) is 0 Å². The lowest BCUT2D eigenvalue weighted by molar-refractivity contribution is -0.139. The van der Waals surface area contributed by atoms with Gasteiger partial charge in [0.25, 0.3) is 0 Å². The van der Waals surface area contributed by atoms with Crippen LogP contribution in [0.5, 0.6) is 0 Å². The maximum absolute atomic E-state index is 10.9. The summed E-state index contributed by atoms with van der Waals surface area (Å²) in [6.07, 6.45) is -14.8. The Morgan fingerprint density at radius 3 is 1.33 bits per heavy atom. The van der Waals surface area contributed by atoms with Crippen molar-refractivity contribution >= 4 is 5.97 Å². The molecule has 0 aromatic heterocycles. The standard InChI is InChI=1S/C16H34N2O12/c17-7(16(29)30)1-2-18(3-8(21)12(25)14(27)10(23)5-19)4-9(22)13(26)15(28)11(24)6-20/h7-15,19-28H,1-6,17H2,(H,29,30)/t7-,8-,9-,10+,11+,12+,13+,14+,15+/m0/s1. The summed E-state index contributed by atoms with van der Waals surface area (Å²) in [7, 11) is 0. The van der Waals surface area contributed by atoms with Crippen molar-refractivity contribution in [1.29, 1.82) is 0 Å². The molecule has 0 aliphatic rings. The van der Waals surface area contributed by atoms with Crippen LogP contribution in [0.2, 0.25) is 0 Å². The number of hydrogen-bond acceptors (Lipinski definition) is 13. The number of rotatable bonds is 16. The maximum atomic E-state index is 10.9. The van der Waals surface area contributed by atoms with Gasteiger partial charge in [-0.25, -0.2) is 0 Å². The Labute approximate surface area is 172 Å². The number of aliphatic carboxylic acids is 1. The Morgan fingerprint density at radius 1 is 0.700 bits per heavy atom. The SMILES string of the molecule is N[C@@H](CCN(C[C@H](O)[C@@H](O)[C@H](O)[C@H](O)CO)C[C@H](O)[C@@H](O)[C@H](O)[C@H](O)CO)C(=O)O. The molecule has 0 fully saturated rings. The molecule has 0 bridgehead atoms. The molecule has 9 atom stereocenters. The third-order valence-electron chi connectivity index (χ3n) is 4.61. The first-order valence-electron chi connectivity index (χ1n) is 9.24. The first-order chi connectivity index (χ1) is 13.9. The predicted molar refractivity (Wildman–Crippen MR) is 98.9 cm³/mol. The van der Waals surface area contributed by atoms with Crippen LogP contribution in [-0.4, -0.2) is 155 Å². The van der Waals surface area contributed by atoms with Crippen LogP contribution in [0.25, 0.3) is 0 Å².